The molecule has 0 saturated heterocycles. The van der Waals surface area contributed by atoms with Crippen LogP contribution in [-0.4, -0.2) is 33.4 Å². The Labute approximate surface area is 183 Å². The average molecular weight is 451 g/mol. The zero-order valence-electron chi connectivity index (χ0n) is 16.8. The SMILES string of the molecule is COc1cccc(C2=C(C(=O)O)N(c3ccc4c(c3)OCO4)S(=O)(=O)c3ccccc32)c1. The monoisotopic (exact) mass is 451 g/mol. The highest BCUT2D eigenvalue weighted by Crippen LogP contribution is 2.45. The second-order valence-electron chi connectivity index (χ2n) is 7.06. The molecule has 5 rings (SSSR count). The van der Waals surface area contributed by atoms with Gasteiger partial charge in [-0.2, -0.15) is 0 Å². The zero-order valence-corrected chi connectivity index (χ0v) is 17.6. The highest BCUT2D eigenvalue weighted by molar-refractivity contribution is 7.93. The van der Waals surface area contributed by atoms with E-state index < -0.39 is 21.7 Å². The zero-order chi connectivity index (χ0) is 22.5. The van der Waals surface area contributed by atoms with Gasteiger partial charge in [-0.05, 0) is 35.9 Å². The third kappa shape index (κ3) is 2.97. The minimum Gasteiger partial charge on any atom is -0.497 e. The van der Waals surface area contributed by atoms with Crippen molar-refractivity contribution in [3.63, 3.8) is 0 Å². The summed E-state index contributed by atoms with van der Waals surface area (Å²) < 4.78 is 44.1. The van der Waals surface area contributed by atoms with E-state index in [4.69, 9.17) is 14.2 Å². The van der Waals surface area contributed by atoms with Gasteiger partial charge >= 0.3 is 5.97 Å². The van der Waals surface area contributed by atoms with Crippen LogP contribution in [0.3, 0.4) is 0 Å². The molecule has 32 heavy (non-hydrogen) atoms. The van der Waals surface area contributed by atoms with Crippen molar-refractivity contribution in [3.8, 4) is 17.2 Å². The van der Waals surface area contributed by atoms with Crippen molar-refractivity contribution in [2.75, 3.05) is 18.2 Å². The standard InChI is InChI=1S/C23H17NO7S/c1-29-16-6-4-5-14(11-16)21-17-7-2-3-8-20(17)32(27,28)24(22(21)23(25)26)15-9-10-18-19(12-15)31-13-30-18/h2-12H,13H2,1H3,(H,25,26). The van der Waals surface area contributed by atoms with Gasteiger partial charge in [0.1, 0.15) is 5.75 Å². The van der Waals surface area contributed by atoms with Gasteiger partial charge < -0.3 is 19.3 Å². The molecule has 0 aromatic heterocycles. The number of nitrogens with zero attached hydrogens (tertiary/aromatic N) is 1. The smallest absolute Gasteiger partial charge is 0.354 e. The molecule has 9 heteroatoms. The molecule has 3 aromatic carbocycles. The summed E-state index contributed by atoms with van der Waals surface area (Å²) >= 11 is 0. The number of sulfonamides is 1. The van der Waals surface area contributed by atoms with Gasteiger partial charge in [0.25, 0.3) is 10.0 Å². The third-order valence-corrected chi connectivity index (χ3v) is 7.05. The molecular weight excluding hydrogens is 434 g/mol. The van der Waals surface area contributed by atoms with Crippen LogP contribution >= 0.6 is 0 Å². The maximum Gasteiger partial charge on any atom is 0.354 e. The normalized spacial score (nSPS) is 16.0. The number of aliphatic carboxylic acids is 1. The summed E-state index contributed by atoms with van der Waals surface area (Å²) in [7, 11) is -2.73. The fraction of sp³-hybridized carbons (Fsp3) is 0.0870. The summed E-state index contributed by atoms with van der Waals surface area (Å²) in [6.07, 6.45) is 0. The van der Waals surface area contributed by atoms with E-state index >= 15 is 0 Å². The van der Waals surface area contributed by atoms with Gasteiger partial charge in [-0.25, -0.2) is 17.5 Å². The molecule has 0 fully saturated rings. The van der Waals surface area contributed by atoms with E-state index in [1.807, 2.05) is 0 Å². The average Bonchev–Trinajstić information content (AvgIpc) is 3.26. The lowest BCUT2D eigenvalue weighted by molar-refractivity contribution is -0.132. The number of anilines is 1. The van der Waals surface area contributed by atoms with Crippen LogP contribution in [0.15, 0.2) is 77.3 Å². The van der Waals surface area contributed by atoms with E-state index in [1.54, 1.807) is 48.5 Å². The number of methoxy groups -OCH3 is 1. The number of hydrogen-bond acceptors (Lipinski definition) is 6. The van der Waals surface area contributed by atoms with Crippen LogP contribution in [-0.2, 0) is 14.8 Å². The van der Waals surface area contributed by atoms with E-state index in [0.717, 1.165) is 4.31 Å². The molecule has 1 N–H and O–H groups in total. The highest BCUT2D eigenvalue weighted by atomic mass is 32.2. The van der Waals surface area contributed by atoms with Crippen LogP contribution in [0.2, 0.25) is 0 Å². The summed E-state index contributed by atoms with van der Waals surface area (Å²) in [6.45, 7) is 0.00502. The molecule has 0 aliphatic carbocycles. The topological polar surface area (TPSA) is 102 Å². The first-order valence-electron chi connectivity index (χ1n) is 9.58. The molecule has 3 aromatic rings. The van der Waals surface area contributed by atoms with Crippen molar-refractivity contribution in [1.82, 2.24) is 0 Å². The molecule has 0 atom stereocenters. The molecule has 8 nitrogen and oxygen atoms in total. The van der Waals surface area contributed by atoms with Crippen LogP contribution in [0.25, 0.3) is 5.57 Å². The van der Waals surface area contributed by atoms with Gasteiger partial charge in [-0.1, -0.05) is 30.3 Å². The van der Waals surface area contributed by atoms with Crippen molar-refractivity contribution in [3.05, 3.63) is 83.6 Å². The Bertz CT molecular complexity index is 1390. The van der Waals surface area contributed by atoms with Crippen molar-refractivity contribution in [2.45, 2.75) is 4.90 Å². The molecule has 0 bridgehead atoms. The predicted octanol–water partition coefficient (Wildman–Crippen LogP) is 3.48. The number of hydrogen-bond donors (Lipinski definition) is 1. The number of carbonyl (C=O) groups is 1. The first-order chi connectivity index (χ1) is 15.4. The Kier molecular flexibility index (Phi) is 4.56. The molecule has 0 amide bonds. The molecule has 0 radical (unpaired) electrons. The Morgan fingerprint density at radius 1 is 1.00 bits per heavy atom. The maximum atomic E-state index is 13.7. The van der Waals surface area contributed by atoms with Crippen molar-refractivity contribution in [2.24, 2.45) is 0 Å². The van der Waals surface area contributed by atoms with Gasteiger partial charge in [0.05, 0.1) is 17.7 Å². The van der Waals surface area contributed by atoms with Crippen LogP contribution in [0.4, 0.5) is 5.69 Å². The predicted molar refractivity (Wildman–Crippen MR) is 115 cm³/mol. The molecule has 162 valence electrons. The second-order valence-corrected chi connectivity index (χ2v) is 8.82. The largest absolute Gasteiger partial charge is 0.497 e. The van der Waals surface area contributed by atoms with Gasteiger partial charge in [0.15, 0.2) is 17.2 Å². The number of ether oxygens (including phenoxy) is 3. The summed E-state index contributed by atoms with van der Waals surface area (Å²) in [6, 6.07) is 17.7. The molecule has 2 heterocycles. The number of rotatable bonds is 4. The number of carboxylic acids is 1. The minimum absolute atomic E-state index is 0.000451. The molecule has 0 saturated carbocycles. The number of fused-ring (bicyclic) bond motifs is 2. The van der Waals surface area contributed by atoms with E-state index in [0.29, 0.717) is 28.4 Å². The van der Waals surface area contributed by atoms with Gasteiger partial charge in [0, 0.05) is 17.2 Å². The van der Waals surface area contributed by atoms with E-state index in [1.165, 1.54) is 25.3 Å². The van der Waals surface area contributed by atoms with Crippen LogP contribution < -0.4 is 18.5 Å². The van der Waals surface area contributed by atoms with Gasteiger partial charge in [-0.3, -0.25) is 0 Å². The first-order valence-corrected chi connectivity index (χ1v) is 11.0. The lowest BCUT2D eigenvalue weighted by Crippen LogP contribution is -2.38. The van der Waals surface area contributed by atoms with Gasteiger partial charge in [0.2, 0.25) is 6.79 Å². The van der Waals surface area contributed by atoms with E-state index in [9.17, 15) is 18.3 Å². The number of benzene rings is 3. The fourth-order valence-electron chi connectivity index (χ4n) is 3.89. The molecule has 2 aliphatic heterocycles. The van der Waals surface area contributed by atoms with Crippen molar-refractivity contribution in [1.29, 1.82) is 0 Å². The summed E-state index contributed by atoms with van der Waals surface area (Å²) in [5.41, 5.74) is 0.807. The summed E-state index contributed by atoms with van der Waals surface area (Å²) in [5, 5.41) is 10.2. The van der Waals surface area contributed by atoms with Crippen LogP contribution in [0.1, 0.15) is 11.1 Å². The van der Waals surface area contributed by atoms with Crippen LogP contribution in [0, 0.1) is 0 Å². The molecule has 2 aliphatic rings. The summed E-state index contributed by atoms with van der Waals surface area (Å²) in [4.78, 5) is 12.6. The highest BCUT2D eigenvalue weighted by Gasteiger charge is 2.41. The Morgan fingerprint density at radius 3 is 2.56 bits per heavy atom. The molecule has 0 unspecified atom stereocenters. The fourth-order valence-corrected chi connectivity index (χ4v) is 5.59. The second kappa shape index (κ2) is 7.31. The quantitative estimate of drug-likeness (QED) is 0.648. The molecule has 0 spiro atoms. The maximum absolute atomic E-state index is 13.7. The minimum atomic E-state index is -4.24. The lowest BCUT2D eigenvalue weighted by atomic mass is 9.95. The lowest BCUT2D eigenvalue weighted by Gasteiger charge is -2.32. The van der Waals surface area contributed by atoms with E-state index in [2.05, 4.69) is 0 Å². The third-order valence-electron chi connectivity index (χ3n) is 5.27. The first kappa shape index (κ1) is 20.0. The van der Waals surface area contributed by atoms with Crippen molar-refractivity contribution >= 4 is 27.3 Å². The van der Waals surface area contributed by atoms with E-state index in [-0.39, 0.29) is 22.9 Å². The molecular formula is C23H17NO7S. The van der Waals surface area contributed by atoms with Crippen molar-refractivity contribution < 1.29 is 32.5 Å². The Morgan fingerprint density at radius 2 is 1.78 bits per heavy atom. The van der Waals surface area contributed by atoms with Crippen LogP contribution in [0.5, 0.6) is 17.2 Å². The Balaban J connectivity index is 1.86. The van der Waals surface area contributed by atoms with Gasteiger partial charge in [-0.15, -0.1) is 0 Å². The summed E-state index contributed by atoms with van der Waals surface area (Å²) in [5.74, 6) is -0.0829. The Hall–Kier alpha value is -3.98. The number of carboxylic acid groups (broad SMARTS) is 1.